The van der Waals surface area contributed by atoms with Crippen molar-refractivity contribution in [3.8, 4) is 11.5 Å². The topological polar surface area (TPSA) is 103 Å². The van der Waals surface area contributed by atoms with Crippen LogP contribution >= 0.6 is 0 Å². The number of benzene rings is 2. The second kappa shape index (κ2) is 6.47. The molecule has 1 unspecified atom stereocenters. The molecule has 0 bridgehead atoms. The van der Waals surface area contributed by atoms with Crippen LogP contribution in [0.25, 0.3) is 0 Å². The maximum atomic E-state index is 13.0. The van der Waals surface area contributed by atoms with Crippen molar-refractivity contribution in [2.75, 3.05) is 10.6 Å². The molecule has 0 spiro atoms. The number of carbonyl (C=O) groups excluding carboxylic acids is 1. The molecule has 1 amide bonds. The molecule has 1 heterocycles. The Hall–Kier alpha value is -3.43. The van der Waals surface area contributed by atoms with Gasteiger partial charge in [-0.15, -0.1) is 8.78 Å². The summed E-state index contributed by atoms with van der Waals surface area (Å²) in [6.07, 6.45) is -3.73. The highest BCUT2D eigenvalue weighted by atomic mass is 19.3. The van der Waals surface area contributed by atoms with Gasteiger partial charge in [0.25, 0.3) is 5.69 Å². The highest BCUT2D eigenvalue weighted by molar-refractivity contribution is 5.98. The van der Waals surface area contributed by atoms with Crippen molar-refractivity contribution in [2.24, 2.45) is 0 Å². The van der Waals surface area contributed by atoms with Gasteiger partial charge in [0.05, 0.1) is 4.92 Å². The normalized spacial score (nSPS) is 15.2. The summed E-state index contributed by atoms with van der Waals surface area (Å²) in [5.41, 5.74) is 0.162. The van der Waals surface area contributed by atoms with E-state index in [0.717, 1.165) is 0 Å². The van der Waals surface area contributed by atoms with Crippen LogP contribution in [0.4, 0.5) is 25.8 Å². The molecule has 1 aliphatic heterocycles. The number of hydrogen-bond donors (Lipinski definition) is 2. The summed E-state index contributed by atoms with van der Waals surface area (Å²) in [4.78, 5) is 22.6. The summed E-state index contributed by atoms with van der Waals surface area (Å²) in [7, 11) is 0. The Kier molecular flexibility index (Phi) is 4.33. The van der Waals surface area contributed by atoms with E-state index in [4.69, 9.17) is 0 Å². The largest absolute Gasteiger partial charge is 0.586 e. The number of nitro benzene ring substituents is 1. The number of para-hydroxylation sites is 2. The number of anilines is 2. The number of hydrogen-bond acceptors (Lipinski definition) is 6. The van der Waals surface area contributed by atoms with Gasteiger partial charge in [0.15, 0.2) is 11.5 Å². The molecule has 1 atom stereocenters. The molecule has 2 N–H and O–H groups in total. The number of fused-ring (bicyclic) bond motifs is 1. The molecular weight excluding hydrogens is 352 g/mol. The summed E-state index contributed by atoms with van der Waals surface area (Å²) in [6.45, 7) is 1.52. The second-order valence-electron chi connectivity index (χ2n) is 5.46. The molecule has 10 heteroatoms. The van der Waals surface area contributed by atoms with E-state index in [1.807, 2.05) is 0 Å². The molecule has 0 aromatic heterocycles. The zero-order chi connectivity index (χ0) is 18.9. The lowest BCUT2D eigenvalue weighted by atomic mass is 10.2. The average Bonchev–Trinajstić information content (AvgIpc) is 2.88. The van der Waals surface area contributed by atoms with Gasteiger partial charge in [-0.3, -0.25) is 14.9 Å². The van der Waals surface area contributed by atoms with Gasteiger partial charge in [0, 0.05) is 17.8 Å². The standard InChI is InChI=1S/C16H13F2N3O5/c1-9(15(22)20-11-4-2-3-5-12(11)21(23)24)19-10-6-7-13-14(8-10)26-16(17,18)25-13/h2-9,19H,1H3,(H,20,22). The molecule has 0 aliphatic carbocycles. The Morgan fingerprint density at radius 1 is 1.19 bits per heavy atom. The van der Waals surface area contributed by atoms with Crippen molar-refractivity contribution in [1.29, 1.82) is 0 Å². The van der Waals surface area contributed by atoms with Crippen molar-refractivity contribution < 1.29 is 28.0 Å². The number of nitro groups is 1. The van der Waals surface area contributed by atoms with E-state index in [2.05, 4.69) is 20.1 Å². The van der Waals surface area contributed by atoms with E-state index in [-0.39, 0.29) is 22.9 Å². The maximum absolute atomic E-state index is 13.0. The first-order valence-corrected chi connectivity index (χ1v) is 7.46. The van der Waals surface area contributed by atoms with Gasteiger partial charge in [0.1, 0.15) is 11.7 Å². The predicted molar refractivity (Wildman–Crippen MR) is 87.5 cm³/mol. The van der Waals surface area contributed by atoms with Gasteiger partial charge < -0.3 is 20.1 Å². The molecule has 1 aliphatic rings. The second-order valence-corrected chi connectivity index (χ2v) is 5.46. The Morgan fingerprint density at radius 3 is 2.62 bits per heavy atom. The van der Waals surface area contributed by atoms with Crippen LogP contribution < -0.4 is 20.1 Å². The lowest BCUT2D eigenvalue weighted by Crippen LogP contribution is -2.32. The first-order valence-electron chi connectivity index (χ1n) is 7.46. The first-order chi connectivity index (χ1) is 12.2. The Labute approximate surface area is 145 Å². The Morgan fingerprint density at radius 2 is 1.88 bits per heavy atom. The van der Waals surface area contributed by atoms with Crippen molar-refractivity contribution in [2.45, 2.75) is 19.3 Å². The summed E-state index contributed by atoms with van der Waals surface area (Å²) in [5.74, 6) is -0.814. The fourth-order valence-electron chi connectivity index (χ4n) is 2.33. The quantitative estimate of drug-likeness (QED) is 0.622. The zero-order valence-corrected chi connectivity index (χ0v) is 13.4. The van der Waals surface area contributed by atoms with E-state index >= 15 is 0 Å². The minimum atomic E-state index is -3.73. The van der Waals surface area contributed by atoms with E-state index in [0.29, 0.717) is 5.69 Å². The van der Waals surface area contributed by atoms with Crippen LogP contribution in [0.3, 0.4) is 0 Å². The number of rotatable bonds is 5. The molecule has 2 aromatic carbocycles. The van der Waals surface area contributed by atoms with Crippen molar-refractivity contribution >= 4 is 23.0 Å². The molecule has 26 heavy (non-hydrogen) atoms. The molecule has 8 nitrogen and oxygen atoms in total. The lowest BCUT2D eigenvalue weighted by molar-refractivity contribution is -0.383. The molecular formula is C16H13F2N3O5. The predicted octanol–water partition coefficient (Wildman–Crippen LogP) is 3.36. The number of amides is 1. The molecule has 0 saturated carbocycles. The minimum Gasteiger partial charge on any atom is -0.395 e. The third-order valence-corrected chi connectivity index (χ3v) is 3.54. The summed E-state index contributed by atoms with van der Waals surface area (Å²) in [6, 6.07) is 8.90. The van der Waals surface area contributed by atoms with Crippen molar-refractivity contribution in [3.05, 3.63) is 52.6 Å². The van der Waals surface area contributed by atoms with E-state index in [9.17, 15) is 23.7 Å². The molecule has 0 fully saturated rings. The smallest absolute Gasteiger partial charge is 0.395 e. The van der Waals surface area contributed by atoms with Gasteiger partial charge >= 0.3 is 6.29 Å². The van der Waals surface area contributed by atoms with E-state index in [1.165, 1.54) is 43.3 Å². The number of nitrogens with one attached hydrogen (secondary N) is 2. The number of carbonyl (C=O) groups is 1. The van der Waals surface area contributed by atoms with Crippen LogP contribution in [-0.2, 0) is 4.79 Å². The number of ether oxygens (including phenoxy) is 2. The number of halogens is 2. The number of alkyl halides is 2. The van der Waals surface area contributed by atoms with Crippen LogP contribution in [0, 0.1) is 10.1 Å². The highest BCUT2D eigenvalue weighted by Crippen LogP contribution is 2.42. The maximum Gasteiger partial charge on any atom is 0.586 e. The minimum absolute atomic E-state index is 0.0569. The van der Waals surface area contributed by atoms with Gasteiger partial charge in [-0.25, -0.2) is 0 Å². The van der Waals surface area contributed by atoms with Gasteiger partial charge in [-0.1, -0.05) is 12.1 Å². The van der Waals surface area contributed by atoms with Crippen LogP contribution in [0.15, 0.2) is 42.5 Å². The summed E-state index contributed by atoms with van der Waals surface area (Å²) >= 11 is 0. The lowest BCUT2D eigenvalue weighted by Gasteiger charge is -2.15. The fraction of sp³-hybridized carbons (Fsp3) is 0.188. The highest BCUT2D eigenvalue weighted by Gasteiger charge is 2.43. The molecule has 3 rings (SSSR count). The van der Waals surface area contributed by atoms with Crippen LogP contribution in [0.1, 0.15) is 6.92 Å². The van der Waals surface area contributed by atoms with Crippen molar-refractivity contribution in [3.63, 3.8) is 0 Å². The summed E-state index contributed by atoms with van der Waals surface area (Å²) < 4.78 is 34.7. The Bertz CT molecular complexity index is 875. The number of nitrogens with zero attached hydrogens (tertiary/aromatic N) is 1. The van der Waals surface area contributed by atoms with E-state index in [1.54, 1.807) is 6.07 Å². The van der Waals surface area contributed by atoms with Gasteiger partial charge in [0.2, 0.25) is 5.91 Å². The SMILES string of the molecule is CC(Nc1ccc2c(c1)OC(F)(F)O2)C(=O)Nc1ccccc1[N+](=O)[O-]. The molecule has 136 valence electrons. The third kappa shape index (κ3) is 3.63. The van der Waals surface area contributed by atoms with E-state index < -0.39 is 23.2 Å². The molecule has 0 radical (unpaired) electrons. The van der Waals surface area contributed by atoms with Gasteiger partial charge in [-0.05, 0) is 25.1 Å². The third-order valence-electron chi connectivity index (χ3n) is 3.54. The first kappa shape index (κ1) is 17.4. The fourth-order valence-corrected chi connectivity index (χ4v) is 2.33. The monoisotopic (exact) mass is 365 g/mol. The molecule has 0 saturated heterocycles. The Balaban J connectivity index is 1.69. The average molecular weight is 365 g/mol. The molecule has 2 aromatic rings. The van der Waals surface area contributed by atoms with Crippen molar-refractivity contribution in [1.82, 2.24) is 0 Å². The van der Waals surface area contributed by atoms with Crippen LogP contribution in [-0.4, -0.2) is 23.2 Å². The van der Waals surface area contributed by atoms with Gasteiger partial charge in [-0.2, -0.15) is 0 Å². The zero-order valence-electron chi connectivity index (χ0n) is 13.4. The summed E-state index contributed by atoms with van der Waals surface area (Å²) in [5, 5.41) is 16.2. The van der Waals surface area contributed by atoms with Crippen LogP contribution in [0.5, 0.6) is 11.5 Å². The van der Waals surface area contributed by atoms with Crippen LogP contribution in [0.2, 0.25) is 0 Å².